The number of aryl methyl sites for hydroxylation is 1. The van der Waals surface area contributed by atoms with Gasteiger partial charge in [0.2, 0.25) is 0 Å². The SMILES string of the molecule is CCN(CC)CCOc1ccccc1CNC(=O)c1ccc2c(c1)[nH]c(=O)c(=O)n2CC. The summed E-state index contributed by atoms with van der Waals surface area (Å²) in [6, 6.07) is 12.5. The Kier molecular flexibility index (Phi) is 7.83. The van der Waals surface area contributed by atoms with Gasteiger partial charge in [0.1, 0.15) is 12.4 Å². The summed E-state index contributed by atoms with van der Waals surface area (Å²) in [5, 5.41) is 2.91. The number of fused-ring (bicyclic) bond motifs is 1. The number of likely N-dealkylation sites (N-methyl/N-ethyl adjacent to an activating group) is 1. The molecule has 0 fully saturated rings. The van der Waals surface area contributed by atoms with Crippen molar-refractivity contribution in [3.63, 3.8) is 0 Å². The summed E-state index contributed by atoms with van der Waals surface area (Å²) >= 11 is 0. The fraction of sp³-hybridized carbons (Fsp3) is 0.375. The maximum Gasteiger partial charge on any atom is 0.316 e. The molecule has 32 heavy (non-hydrogen) atoms. The van der Waals surface area contributed by atoms with Crippen LogP contribution in [-0.2, 0) is 13.1 Å². The molecule has 0 spiro atoms. The van der Waals surface area contributed by atoms with E-state index in [-0.39, 0.29) is 5.91 Å². The van der Waals surface area contributed by atoms with Crippen LogP contribution < -0.4 is 21.2 Å². The lowest BCUT2D eigenvalue weighted by Crippen LogP contribution is -2.36. The van der Waals surface area contributed by atoms with E-state index >= 15 is 0 Å². The van der Waals surface area contributed by atoms with Crippen molar-refractivity contribution < 1.29 is 9.53 Å². The molecular formula is C24H30N4O4. The number of amides is 1. The third kappa shape index (κ3) is 5.26. The van der Waals surface area contributed by atoms with Gasteiger partial charge in [-0.25, -0.2) is 0 Å². The third-order valence-electron chi connectivity index (χ3n) is 5.52. The van der Waals surface area contributed by atoms with Gasteiger partial charge in [0.05, 0.1) is 11.0 Å². The molecule has 1 aromatic heterocycles. The molecule has 0 aliphatic carbocycles. The van der Waals surface area contributed by atoms with Gasteiger partial charge in [-0.05, 0) is 44.3 Å². The van der Waals surface area contributed by atoms with Crippen LogP contribution in [-0.4, -0.2) is 46.6 Å². The van der Waals surface area contributed by atoms with Gasteiger partial charge >= 0.3 is 11.1 Å². The molecule has 0 unspecified atom stereocenters. The molecule has 0 saturated carbocycles. The van der Waals surface area contributed by atoms with Gasteiger partial charge in [-0.3, -0.25) is 14.4 Å². The average molecular weight is 439 g/mol. The van der Waals surface area contributed by atoms with E-state index in [2.05, 4.69) is 29.0 Å². The van der Waals surface area contributed by atoms with Crippen LogP contribution in [0.1, 0.15) is 36.7 Å². The lowest BCUT2D eigenvalue weighted by atomic mass is 10.1. The molecule has 0 bridgehead atoms. The van der Waals surface area contributed by atoms with Gasteiger partial charge in [-0.2, -0.15) is 0 Å². The summed E-state index contributed by atoms with van der Waals surface area (Å²) in [7, 11) is 0. The number of para-hydroxylation sites is 1. The number of H-pyrrole nitrogens is 1. The van der Waals surface area contributed by atoms with Crippen LogP contribution in [0.2, 0.25) is 0 Å². The highest BCUT2D eigenvalue weighted by Gasteiger charge is 2.12. The average Bonchev–Trinajstić information content (AvgIpc) is 2.81. The molecular weight excluding hydrogens is 408 g/mol. The highest BCUT2D eigenvalue weighted by molar-refractivity contribution is 5.97. The lowest BCUT2D eigenvalue weighted by molar-refractivity contribution is 0.0950. The Bertz CT molecular complexity index is 1190. The summed E-state index contributed by atoms with van der Waals surface area (Å²) in [4.78, 5) is 41.5. The Morgan fingerprint density at radius 1 is 1.09 bits per heavy atom. The van der Waals surface area contributed by atoms with Crippen LogP contribution in [0.25, 0.3) is 11.0 Å². The first-order valence-corrected chi connectivity index (χ1v) is 11.0. The van der Waals surface area contributed by atoms with Gasteiger partial charge in [0.25, 0.3) is 5.91 Å². The number of hydrogen-bond acceptors (Lipinski definition) is 5. The second kappa shape index (κ2) is 10.8. The zero-order valence-electron chi connectivity index (χ0n) is 18.8. The molecule has 3 aromatic rings. The number of hydrogen-bond donors (Lipinski definition) is 2. The maximum atomic E-state index is 12.7. The number of carbonyl (C=O) groups is 1. The van der Waals surface area contributed by atoms with Gasteiger partial charge in [-0.1, -0.05) is 32.0 Å². The van der Waals surface area contributed by atoms with Crippen LogP contribution in [0, 0.1) is 0 Å². The summed E-state index contributed by atoms with van der Waals surface area (Å²) in [5.74, 6) is 0.467. The second-order valence-electron chi connectivity index (χ2n) is 7.40. The van der Waals surface area contributed by atoms with E-state index in [4.69, 9.17) is 4.74 Å². The highest BCUT2D eigenvalue weighted by Crippen LogP contribution is 2.18. The van der Waals surface area contributed by atoms with Gasteiger partial charge in [0.15, 0.2) is 0 Å². The van der Waals surface area contributed by atoms with Crippen molar-refractivity contribution in [2.24, 2.45) is 0 Å². The molecule has 2 aromatic carbocycles. The molecule has 1 heterocycles. The van der Waals surface area contributed by atoms with E-state index in [0.717, 1.165) is 30.9 Å². The highest BCUT2D eigenvalue weighted by atomic mass is 16.5. The molecule has 8 heteroatoms. The van der Waals surface area contributed by atoms with Crippen molar-refractivity contribution in [2.75, 3.05) is 26.2 Å². The van der Waals surface area contributed by atoms with Crippen molar-refractivity contribution in [1.29, 1.82) is 0 Å². The molecule has 8 nitrogen and oxygen atoms in total. The Hall–Kier alpha value is -3.39. The number of aromatic amines is 1. The molecule has 0 atom stereocenters. The number of aromatic nitrogens is 2. The maximum absolute atomic E-state index is 12.7. The standard InChI is InChI=1S/C24H30N4O4/c1-4-27(5-2)13-14-32-21-10-8-7-9-18(21)16-25-22(29)17-11-12-20-19(15-17)26-23(30)24(31)28(20)6-3/h7-12,15H,4-6,13-14,16H2,1-3H3,(H,25,29)(H,26,30). The first-order valence-electron chi connectivity index (χ1n) is 11.0. The Balaban J connectivity index is 1.71. The second-order valence-corrected chi connectivity index (χ2v) is 7.40. The van der Waals surface area contributed by atoms with Crippen molar-refractivity contribution >= 4 is 16.9 Å². The normalized spacial score (nSPS) is 11.1. The van der Waals surface area contributed by atoms with E-state index in [0.29, 0.717) is 36.3 Å². The number of rotatable bonds is 10. The molecule has 1 amide bonds. The Labute approximate surface area is 186 Å². The van der Waals surface area contributed by atoms with E-state index in [1.54, 1.807) is 25.1 Å². The van der Waals surface area contributed by atoms with Gasteiger partial charge in [0, 0.05) is 30.8 Å². The number of nitrogens with zero attached hydrogens (tertiary/aromatic N) is 2. The number of ether oxygens (including phenoxy) is 1. The molecule has 0 saturated heterocycles. The van der Waals surface area contributed by atoms with Crippen LogP contribution in [0.5, 0.6) is 5.75 Å². The van der Waals surface area contributed by atoms with Gasteiger partial charge in [-0.15, -0.1) is 0 Å². The summed E-state index contributed by atoms with van der Waals surface area (Å²) in [5.41, 5.74) is 1.01. The largest absolute Gasteiger partial charge is 0.492 e. The van der Waals surface area contributed by atoms with Crippen molar-refractivity contribution in [1.82, 2.24) is 19.8 Å². The van der Waals surface area contributed by atoms with Crippen LogP contribution in [0.3, 0.4) is 0 Å². The molecule has 3 rings (SSSR count). The topological polar surface area (TPSA) is 96.4 Å². The number of nitrogens with one attached hydrogen (secondary N) is 2. The first kappa shape index (κ1) is 23.3. The fourth-order valence-corrected chi connectivity index (χ4v) is 3.63. The summed E-state index contributed by atoms with van der Waals surface area (Å²) in [6.07, 6.45) is 0. The summed E-state index contributed by atoms with van der Waals surface area (Å²) < 4.78 is 7.34. The molecule has 2 N–H and O–H groups in total. The van der Waals surface area contributed by atoms with E-state index in [1.165, 1.54) is 4.57 Å². The van der Waals surface area contributed by atoms with E-state index < -0.39 is 11.1 Å². The number of carbonyl (C=O) groups excluding carboxylic acids is 1. The predicted molar refractivity (Wildman–Crippen MR) is 125 cm³/mol. The minimum atomic E-state index is -0.701. The molecule has 0 aliphatic rings. The van der Waals surface area contributed by atoms with Crippen LogP contribution in [0.4, 0.5) is 0 Å². The summed E-state index contributed by atoms with van der Waals surface area (Å²) in [6.45, 7) is 10.1. The molecule has 170 valence electrons. The monoisotopic (exact) mass is 438 g/mol. The minimum Gasteiger partial charge on any atom is -0.492 e. The minimum absolute atomic E-state index is 0.278. The number of benzene rings is 2. The first-order chi connectivity index (χ1) is 15.5. The van der Waals surface area contributed by atoms with E-state index in [9.17, 15) is 14.4 Å². The zero-order chi connectivity index (χ0) is 23.1. The lowest BCUT2D eigenvalue weighted by Gasteiger charge is -2.19. The zero-order valence-corrected chi connectivity index (χ0v) is 18.8. The Morgan fingerprint density at radius 3 is 2.56 bits per heavy atom. The van der Waals surface area contributed by atoms with E-state index in [1.807, 2.05) is 24.3 Å². The quantitative estimate of drug-likeness (QED) is 0.474. The van der Waals surface area contributed by atoms with Crippen LogP contribution in [0.15, 0.2) is 52.1 Å². The van der Waals surface area contributed by atoms with Crippen molar-refractivity contribution in [3.8, 4) is 5.75 Å². The smallest absolute Gasteiger partial charge is 0.316 e. The molecule has 0 aliphatic heterocycles. The molecule has 0 radical (unpaired) electrons. The predicted octanol–water partition coefficient (Wildman–Crippen LogP) is 2.36. The third-order valence-corrected chi connectivity index (χ3v) is 5.52. The van der Waals surface area contributed by atoms with Crippen molar-refractivity contribution in [2.45, 2.75) is 33.9 Å². The Morgan fingerprint density at radius 2 is 1.84 bits per heavy atom. The van der Waals surface area contributed by atoms with Crippen LogP contribution >= 0.6 is 0 Å². The fourth-order valence-electron chi connectivity index (χ4n) is 3.63. The van der Waals surface area contributed by atoms with Crippen molar-refractivity contribution in [3.05, 3.63) is 74.3 Å². The van der Waals surface area contributed by atoms with Gasteiger partial charge < -0.3 is 24.5 Å².